The fraction of sp³-hybridized carbons (Fsp3) is 0.235. The number of anilines is 2. The average molecular weight is 300 g/mol. The highest BCUT2D eigenvalue weighted by Crippen LogP contribution is 2.26. The zero-order chi connectivity index (χ0) is 15.4. The van der Waals surface area contributed by atoms with Gasteiger partial charge in [0.15, 0.2) is 0 Å². The van der Waals surface area contributed by atoms with Crippen LogP contribution >= 0.6 is 11.6 Å². The van der Waals surface area contributed by atoms with E-state index in [0.29, 0.717) is 23.1 Å². The van der Waals surface area contributed by atoms with Crippen molar-refractivity contribution in [2.75, 3.05) is 11.1 Å². The molecule has 3 N–H and O–H groups in total. The Hall–Kier alpha value is -2.18. The number of aromatic nitrogens is 1. The Balaban J connectivity index is 2.30. The van der Waals surface area contributed by atoms with Gasteiger partial charge in [-0.2, -0.15) is 0 Å². The van der Waals surface area contributed by atoms with Gasteiger partial charge in [0, 0.05) is 12.6 Å². The van der Waals surface area contributed by atoms with Gasteiger partial charge in [-0.05, 0) is 43.4 Å². The van der Waals surface area contributed by atoms with Crippen LogP contribution in [-0.2, 0) is 6.54 Å². The number of nitrogens with one attached hydrogen (secondary N) is 1. The first-order chi connectivity index (χ1) is 10.0. The summed E-state index contributed by atoms with van der Waals surface area (Å²) in [5.74, 6) is 5.66. The SMILES string of the molecule is CC#Cc1nc(Cl)cc(NCc2c(C)cccc2C)c1N. The van der Waals surface area contributed by atoms with E-state index in [2.05, 4.69) is 54.2 Å². The summed E-state index contributed by atoms with van der Waals surface area (Å²) in [6, 6.07) is 7.98. The van der Waals surface area contributed by atoms with Crippen molar-refractivity contribution < 1.29 is 0 Å². The number of nitrogens with two attached hydrogens (primary N) is 1. The van der Waals surface area contributed by atoms with Gasteiger partial charge in [0.25, 0.3) is 0 Å². The van der Waals surface area contributed by atoms with Crippen LogP contribution in [0.25, 0.3) is 0 Å². The lowest BCUT2D eigenvalue weighted by Gasteiger charge is -2.14. The number of nitrogens with zero attached hydrogens (tertiary/aromatic N) is 1. The van der Waals surface area contributed by atoms with Crippen molar-refractivity contribution in [2.45, 2.75) is 27.3 Å². The van der Waals surface area contributed by atoms with Gasteiger partial charge in [-0.1, -0.05) is 35.7 Å². The Labute approximate surface area is 130 Å². The highest BCUT2D eigenvalue weighted by atomic mass is 35.5. The minimum atomic E-state index is 0.381. The van der Waals surface area contributed by atoms with E-state index < -0.39 is 0 Å². The standard InChI is InChI=1S/C17H18ClN3/c1-4-6-14-17(19)15(9-16(18)21-14)20-10-13-11(2)7-5-8-12(13)3/h5,7-9H,10,19H2,1-3H3,(H,20,21). The Morgan fingerprint density at radius 2 is 1.95 bits per heavy atom. The van der Waals surface area contributed by atoms with E-state index in [-0.39, 0.29) is 0 Å². The third-order valence-corrected chi connectivity index (χ3v) is 3.56. The molecule has 0 radical (unpaired) electrons. The number of pyridine rings is 1. The molecule has 108 valence electrons. The first-order valence-corrected chi connectivity index (χ1v) is 7.08. The van der Waals surface area contributed by atoms with Crippen LogP contribution in [0, 0.1) is 25.7 Å². The van der Waals surface area contributed by atoms with Crippen molar-refractivity contribution in [1.82, 2.24) is 4.98 Å². The summed E-state index contributed by atoms with van der Waals surface area (Å²) < 4.78 is 0. The monoisotopic (exact) mass is 299 g/mol. The molecule has 0 fully saturated rings. The molecule has 1 aromatic carbocycles. The van der Waals surface area contributed by atoms with E-state index in [0.717, 1.165) is 5.69 Å². The van der Waals surface area contributed by atoms with Gasteiger partial charge in [-0.15, -0.1) is 0 Å². The predicted molar refractivity (Wildman–Crippen MR) is 89.5 cm³/mol. The van der Waals surface area contributed by atoms with Crippen LogP contribution in [0.4, 0.5) is 11.4 Å². The highest BCUT2D eigenvalue weighted by molar-refractivity contribution is 6.29. The van der Waals surface area contributed by atoms with E-state index >= 15 is 0 Å². The number of hydrogen-bond acceptors (Lipinski definition) is 3. The molecule has 0 saturated heterocycles. The molecule has 0 unspecified atom stereocenters. The summed E-state index contributed by atoms with van der Waals surface area (Å²) in [6.07, 6.45) is 0. The summed E-state index contributed by atoms with van der Waals surface area (Å²) in [7, 11) is 0. The van der Waals surface area contributed by atoms with E-state index in [1.165, 1.54) is 16.7 Å². The molecule has 0 aliphatic rings. The topological polar surface area (TPSA) is 50.9 Å². The molecule has 0 bridgehead atoms. The molecule has 21 heavy (non-hydrogen) atoms. The molecule has 3 nitrogen and oxygen atoms in total. The second-order valence-electron chi connectivity index (χ2n) is 4.85. The van der Waals surface area contributed by atoms with Gasteiger partial charge >= 0.3 is 0 Å². The smallest absolute Gasteiger partial charge is 0.139 e. The van der Waals surface area contributed by atoms with Crippen LogP contribution in [0.15, 0.2) is 24.3 Å². The minimum Gasteiger partial charge on any atom is -0.395 e. The fourth-order valence-corrected chi connectivity index (χ4v) is 2.39. The fourth-order valence-electron chi connectivity index (χ4n) is 2.20. The van der Waals surface area contributed by atoms with Crippen molar-refractivity contribution in [2.24, 2.45) is 0 Å². The van der Waals surface area contributed by atoms with E-state index in [1.807, 2.05) is 0 Å². The predicted octanol–water partition coefficient (Wildman–Crippen LogP) is 3.92. The van der Waals surface area contributed by atoms with Gasteiger partial charge in [0.05, 0.1) is 11.4 Å². The molecule has 2 aromatic rings. The van der Waals surface area contributed by atoms with Gasteiger partial charge in [-0.3, -0.25) is 0 Å². The van der Waals surface area contributed by atoms with Crippen LogP contribution in [0.2, 0.25) is 5.15 Å². The number of halogens is 1. The summed E-state index contributed by atoms with van der Waals surface area (Å²) in [5, 5.41) is 3.71. The molecule has 0 spiro atoms. The number of benzene rings is 1. The molecule has 0 aliphatic carbocycles. The maximum absolute atomic E-state index is 6.09. The number of aryl methyl sites for hydroxylation is 2. The zero-order valence-electron chi connectivity index (χ0n) is 12.4. The molecule has 0 atom stereocenters. The first kappa shape index (κ1) is 15.2. The van der Waals surface area contributed by atoms with Crippen LogP contribution in [0.1, 0.15) is 29.3 Å². The lowest BCUT2D eigenvalue weighted by molar-refractivity contribution is 1.09. The van der Waals surface area contributed by atoms with Crippen molar-refractivity contribution in [1.29, 1.82) is 0 Å². The largest absolute Gasteiger partial charge is 0.395 e. The normalized spacial score (nSPS) is 9.90. The maximum atomic E-state index is 6.09. The van der Waals surface area contributed by atoms with Crippen molar-refractivity contribution in [3.63, 3.8) is 0 Å². The second kappa shape index (κ2) is 6.51. The first-order valence-electron chi connectivity index (χ1n) is 6.70. The highest BCUT2D eigenvalue weighted by Gasteiger charge is 2.09. The lowest BCUT2D eigenvalue weighted by atomic mass is 10.0. The third-order valence-electron chi connectivity index (χ3n) is 3.37. The van der Waals surface area contributed by atoms with Crippen LogP contribution in [0.5, 0.6) is 0 Å². The molecule has 1 heterocycles. The molecular formula is C17H18ClN3. The maximum Gasteiger partial charge on any atom is 0.139 e. The number of nitrogen functional groups attached to an aromatic ring is 1. The Bertz CT molecular complexity index is 707. The molecule has 1 aromatic heterocycles. The van der Waals surface area contributed by atoms with Crippen LogP contribution in [0.3, 0.4) is 0 Å². The third kappa shape index (κ3) is 3.48. The van der Waals surface area contributed by atoms with Gasteiger partial charge in [0.1, 0.15) is 10.8 Å². The summed E-state index contributed by atoms with van der Waals surface area (Å²) in [5.41, 5.74) is 11.6. The second-order valence-corrected chi connectivity index (χ2v) is 5.24. The van der Waals surface area contributed by atoms with Crippen molar-refractivity contribution >= 4 is 23.0 Å². The number of hydrogen-bond donors (Lipinski definition) is 2. The Morgan fingerprint density at radius 3 is 2.57 bits per heavy atom. The van der Waals surface area contributed by atoms with E-state index in [1.54, 1.807) is 13.0 Å². The lowest BCUT2D eigenvalue weighted by Crippen LogP contribution is -2.07. The van der Waals surface area contributed by atoms with Crippen LogP contribution in [-0.4, -0.2) is 4.98 Å². The van der Waals surface area contributed by atoms with Crippen molar-refractivity contribution in [3.8, 4) is 11.8 Å². The molecule has 2 rings (SSSR count). The zero-order valence-corrected chi connectivity index (χ0v) is 13.2. The van der Waals surface area contributed by atoms with Gasteiger partial charge in [-0.25, -0.2) is 4.98 Å². The van der Waals surface area contributed by atoms with Gasteiger partial charge in [0.2, 0.25) is 0 Å². The Kier molecular flexibility index (Phi) is 4.72. The summed E-state index contributed by atoms with van der Waals surface area (Å²) in [4.78, 5) is 4.14. The van der Waals surface area contributed by atoms with Crippen LogP contribution < -0.4 is 11.1 Å². The molecular weight excluding hydrogens is 282 g/mol. The van der Waals surface area contributed by atoms with Crippen molar-refractivity contribution in [3.05, 3.63) is 51.8 Å². The molecule has 0 aliphatic heterocycles. The Morgan fingerprint density at radius 1 is 1.29 bits per heavy atom. The molecule has 0 saturated carbocycles. The summed E-state index contributed by atoms with van der Waals surface area (Å²) >= 11 is 6.03. The minimum absolute atomic E-state index is 0.381. The van der Waals surface area contributed by atoms with E-state index in [9.17, 15) is 0 Å². The number of rotatable bonds is 3. The van der Waals surface area contributed by atoms with E-state index in [4.69, 9.17) is 17.3 Å². The molecule has 4 heteroatoms. The quantitative estimate of drug-likeness (QED) is 0.667. The molecule has 0 amide bonds. The van der Waals surface area contributed by atoms with Gasteiger partial charge < -0.3 is 11.1 Å². The average Bonchev–Trinajstić information content (AvgIpc) is 2.43. The summed E-state index contributed by atoms with van der Waals surface area (Å²) in [6.45, 7) is 6.62.